The summed E-state index contributed by atoms with van der Waals surface area (Å²) in [4.78, 5) is 2.39. The molecule has 1 heterocycles. The van der Waals surface area contributed by atoms with E-state index in [4.69, 9.17) is 0 Å². The van der Waals surface area contributed by atoms with Crippen molar-refractivity contribution in [2.75, 3.05) is 4.90 Å². The number of hydrogen-bond donors (Lipinski definition) is 0. The molecule has 3 heteroatoms. The predicted octanol–water partition coefficient (Wildman–Crippen LogP) is 10.4. The molecule has 213 valence electrons. The molecule has 45 heavy (non-hydrogen) atoms. The van der Waals surface area contributed by atoms with E-state index in [0.717, 1.165) is 27.2 Å². The van der Waals surface area contributed by atoms with Crippen LogP contribution >= 0.6 is 0 Å². The molecule has 0 saturated carbocycles. The molecule has 0 saturated heterocycles. The van der Waals surface area contributed by atoms with E-state index in [9.17, 15) is 0 Å². The molecular weight excluding hydrogens is 611 g/mol. The number of para-hydroxylation sites is 3. The fraction of sp³-hybridized carbons (Fsp3) is 0. The van der Waals surface area contributed by atoms with Gasteiger partial charge in [0, 0.05) is 0 Å². The molecule has 1 radical (unpaired) electrons. The quantitative estimate of drug-likeness (QED) is 0.164. The van der Waals surface area contributed by atoms with Crippen LogP contribution in [0.4, 0.5) is 17.1 Å². The van der Waals surface area contributed by atoms with Gasteiger partial charge in [-0.15, -0.1) is 0 Å². The monoisotopic (exact) mass is 641 g/mol. The molecular formula is C42H29N2Se. The van der Waals surface area contributed by atoms with E-state index in [1.54, 1.807) is 0 Å². The maximum atomic E-state index is 3.36. The topological polar surface area (TPSA) is 8.17 Å². The summed E-state index contributed by atoms with van der Waals surface area (Å²) in [5, 5.41) is 2.48. The summed E-state index contributed by atoms with van der Waals surface area (Å²) >= 11 is 3.36. The van der Waals surface area contributed by atoms with Crippen molar-refractivity contribution >= 4 is 59.3 Å². The Morgan fingerprint density at radius 2 is 0.978 bits per heavy atom. The van der Waals surface area contributed by atoms with Crippen LogP contribution in [0.2, 0.25) is 0 Å². The first-order valence-corrected chi connectivity index (χ1v) is 16.0. The van der Waals surface area contributed by atoms with Crippen molar-refractivity contribution in [3.05, 3.63) is 176 Å². The van der Waals surface area contributed by atoms with Gasteiger partial charge in [-0.05, 0) is 0 Å². The Morgan fingerprint density at radius 3 is 1.71 bits per heavy atom. The van der Waals surface area contributed by atoms with Crippen molar-refractivity contribution in [3.63, 3.8) is 0 Å². The van der Waals surface area contributed by atoms with Gasteiger partial charge < -0.3 is 0 Å². The van der Waals surface area contributed by atoms with Crippen molar-refractivity contribution in [2.24, 2.45) is 0 Å². The van der Waals surface area contributed by atoms with Crippen molar-refractivity contribution < 1.29 is 0 Å². The van der Waals surface area contributed by atoms with Gasteiger partial charge in [0.2, 0.25) is 0 Å². The minimum absolute atomic E-state index is 1.09. The Bertz CT molecular complexity index is 2270. The predicted molar refractivity (Wildman–Crippen MR) is 192 cm³/mol. The fourth-order valence-electron chi connectivity index (χ4n) is 6.42. The molecule has 0 unspecified atom stereocenters. The second-order valence-electron chi connectivity index (χ2n) is 11.2. The molecule has 2 nitrogen and oxygen atoms in total. The Hall–Kier alpha value is -5.34. The summed E-state index contributed by atoms with van der Waals surface area (Å²) < 4.78 is 3.49. The fourth-order valence-corrected chi connectivity index (χ4v) is 7.06. The molecule has 0 N–H and O–H groups in total. The first-order valence-electron chi connectivity index (χ1n) is 15.2. The zero-order chi connectivity index (χ0) is 30.2. The molecule has 0 aliphatic heterocycles. The maximum absolute atomic E-state index is 3.36. The van der Waals surface area contributed by atoms with Crippen molar-refractivity contribution in [2.45, 2.75) is 0 Å². The van der Waals surface area contributed by atoms with Gasteiger partial charge in [0.25, 0.3) is 0 Å². The summed E-state index contributed by atoms with van der Waals surface area (Å²) in [6.07, 6.45) is 0. The number of anilines is 3. The summed E-state index contributed by atoms with van der Waals surface area (Å²) in [5.74, 6) is 0. The molecule has 0 amide bonds. The van der Waals surface area contributed by atoms with Gasteiger partial charge >= 0.3 is 273 Å². The summed E-state index contributed by atoms with van der Waals surface area (Å²) in [5.41, 5.74) is 11.6. The molecule has 0 bridgehead atoms. The third kappa shape index (κ3) is 4.93. The van der Waals surface area contributed by atoms with Crippen LogP contribution in [0, 0.1) is 0 Å². The average molecular weight is 641 g/mol. The Labute approximate surface area is 271 Å². The number of fused-ring (bicyclic) bond motifs is 3. The van der Waals surface area contributed by atoms with Gasteiger partial charge in [-0.1, -0.05) is 0 Å². The first-order chi connectivity index (χ1) is 22.3. The zero-order valence-electron chi connectivity index (χ0n) is 24.5. The Morgan fingerprint density at radius 1 is 0.422 bits per heavy atom. The summed E-state index contributed by atoms with van der Waals surface area (Å²) in [7, 11) is 0. The van der Waals surface area contributed by atoms with E-state index in [1.807, 2.05) is 0 Å². The molecule has 8 rings (SSSR count). The second-order valence-corrected chi connectivity index (χ2v) is 12.1. The molecule has 7 aromatic carbocycles. The van der Waals surface area contributed by atoms with Gasteiger partial charge in [0.05, 0.1) is 0 Å². The van der Waals surface area contributed by atoms with E-state index < -0.39 is 0 Å². The van der Waals surface area contributed by atoms with E-state index in [-0.39, 0.29) is 0 Å². The van der Waals surface area contributed by atoms with Crippen LogP contribution in [0.3, 0.4) is 0 Å². The first kappa shape index (κ1) is 27.2. The molecule has 8 aromatic rings. The van der Waals surface area contributed by atoms with Crippen LogP contribution < -0.4 is 9.36 Å². The number of benzene rings is 7. The van der Waals surface area contributed by atoms with Crippen LogP contribution in [-0.4, -0.2) is 20.6 Å². The van der Waals surface area contributed by atoms with Gasteiger partial charge in [-0.25, -0.2) is 0 Å². The number of aromatic nitrogens is 1. The molecule has 0 fully saturated rings. The molecule has 0 atom stereocenters. The SMILES string of the molecule is [Se]c1cc(N(c2ccc3c4ccccc4n(-c4ccccc4)c3c2)c2ccccc2-c2ccccc2)ccc1-c1ccccc1. The second kappa shape index (κ2) is 11.6. The zero-order valence-corrected chi connectivity index (χ0v) is 26.3. The normalized spacial score (nSPS) is 11.2. The van der Waals surface area contributed by atoms with Crippen molar-refractivity contribution in [1.29, 1.82) is 0 Å². The molecule has 0 aliphatic rings. The van der Waals surface area contributed by atoms with E-state index >= 15 is 0 Å². The van der Waals surface area contributed by atoms with Crippen LogP contribution in [0.5, 0.6) is 0 Å². The standard InChI is InChI=1S/C42H29N2Se/c45-42-29-34(24-26-36(42)31-16-6-2-7-17-31)43(39-22-12-10-20-35(39)30-14-4-1-5-15-30)33-25-27-38-37-21-11-13-23-40(37)44(41(38)28-33)32-18-8-3-9-19-32/h1-29H. The van der Waals surface area contributed by atoms with Crippen LogP contribution in [0.25, 0.3) is 49.7 Å². The van der Waals surface area contributed by atoms with Crippen molar-refractivity contribution in [3.8, 4) is 27.9 Å². The molecule has 1 aromatic heterocycles. The third-order valence-electron chi connectivity index (χ3n) is 8.47. The van der Waals surface area contributed by atoms with Gasteiger partial charge in [-0.2, -0.15) is 0 Å². The van der Waals surface area contributed by atoms with E-state index in [1.165, 1.54) is 44.1 Å². The van der Waals surface area contributed by atoms with Gasteiger partial charge in [0.15, 0.2) is 0 Å². The number of hydrogen-bond acceptors (Lipinski definition) is 1. The van der Waals surface area contributed by atoms with Gasteiger partial charge in [0.1, 0.15) is 0 Å². The average Bonchev–Trinajstić information content (AvgIpc) is 3.43. The van der Waals surface area contributed by atoms with Crippen molar-refractivity contribution in [1.82, 2.24) is 4.57 Å². The Kier molecular flexibility index (Phi) is 7.04. The Balaban J connectivity index is 1.39. The van der Waals surface area contributed by atoms with Crippen LogP contribution in [-0.2, 0) is 0 Å². The number of nitrogens with zero attached hydrogens (tertiary/aromatic N) is 2. The summed E-state index contributed by atoms with van der Waals surface area (Å²) in [6, 6.07) is 62.9. The molecule has 0 spiro atoms. The van der Waals surface area contributed by atoms with Gasteiger partial charge in [-0.3, -0.25) is 0 Å². The summed E-state index contributed by atoms with van der Waals surface area (Å²) in [6.45, 7) is 0. The van der Waals surface area contributed by atoms with E-state index in [0.29, 0.717) is 0 Å². The number of rotatable bonds is 6. The minimum atomic E-state index is 1.09. The molecule has 0 aliphatic carbocycles. The van der Waals surface area contributed by atoms with E-state index in [2.05, 4.69) is 201 Å². The van der Waals surface area contributed by atoms with Crippen LogP contribution in [0.15, 0.2) is 176 Å². The third-order valence-corrected chi connectivity index (χ3v) is 9.18. The van der Waals surface area contributed by atoms with Crippen LogP contribution in [0.1, 0.15) is 0 Å².